The second-order valence-corrected chi connectivity index (χ2v) is 6.74. The molecule has 0 spiro atoms. The zero-order valence-electron chi connectivity index (χ0n) is 9.51. The van der Waals surface area contributed by atoms with E-state index in [1.54, 1.807) is 11.8 Å². The quantitative estimate of drug-likeness (QED) is 0.808. The summed E-state index contributed by atoms with van der Waals surface area (Å²) in [6.07, 6.45) is 3.51. The van der Waals surface area contributed by atoms with Crippen molar-refractivity contribution in [3.8, 4) is 0 Å². The third-order valence-corrected chi connectivity index (χ3v) is 5.47. The highest BCUT2D eigenvalue weighted by atomic mass is 79.9. The summed E-state index contributed by atoms with van der Waals surface area (Å²) in [5, 5.41) is 4.17. The Labute approximate surface area is 105 Å². The minimum Gasteiger partial charge on any atom is -0.355 e. The Morgan fingerprint density at radius 2 is 2.27 bits per heavy atom. The van der Waals surface area contributed by atoms with Gasteiger partial charge in [-0.2, -0.15) is 0 Å². The summed E-state index contributed by atoms with van der Waals surface area (Å²) in [6.45, 7) is 5.06. The largest absolute Gasteiger partial charge is 0.355 e. The number of rotatable bonds is 4. The molecule has 0 aromatic heterocycles. The molecule has 1 rings (SSSR count). The SMILES string of the molecule is CC(C)(CBr)CNC(=O)C1CCCCS1. The maximum Gasteiger partial charge on any atom is 0.233 e. The van der Waals surface area contributed by atoms with Crippen molar-refractivity contribution < 1.29 is 4.79 Å². The van der Waals surface area contributed by atoms with Gasteiger partial charge >= 0.3 is 0 Å². The molecule has 88 valence electrons. The summed E-state index contributed by atoms with van der Waals surface area (Å²) in [7, 11) is 0. The molecule has 1 fully saturated rings. The number of thioether (sulfide) groups is 1. The van der Waals surface area contributed by atoms with Crippen LogP contribution in [0.1, 0.15) is 33.1 Å². The molecule has 1 saturated heterocycles. The van der Waals surface area contributed by atoms with Gasteiger partial charge in [-0.05, 0) is 24.0 Å². The predicted octanol–water partition coefficient (Wildman–Crippen LogP) is 2.81. The normalized spacial score (nSPS) is 22.5. The maximum absolute atomic E-state index is 11.8. The molecule has 1 unspecified atom stereocenters. The van der Waals surface area contributed by atoms with Crippen molar-refractivity contribution in [2.24, 2.45) is 5.41 Å². The molecule has 1 aliphatic heterocycles. The number of nitrogens with one attached hydrogen (secondary N) is 1. The van der Waals surface area contributed by atoms with E-state index in [1.165, 1.54) is 12.8 Å². The van der Waals surface area contributed by atoms with E-state index < -0.39 is 0 Å². The van der Waals surface area contributed by atoms with Gasteiger partial charge in [-0.3, -0.25) is 4.79 Å². The molecule has 0 aromatic rings. The van der Waals surface area contributed by atoms with Crippen LogP contribution in [0.15, 0.2) is 0 Å². The van der Waals surface area contributed by atoms with Crippen molar-refractivity contribution >= 4 is 33.6 Å². The second kappa shape index (κ2) is 6.14. The summed E-state index contributed by atoms with van der Waals surface area (Å²) in [5.74, 6) is 1.37. The first kappa shape index (κ1) is 13.4. The number of amides is 1. The lowest BCUT2D eigenvalue weighted by molar-refractivity contribution is -0.121. The molecule has 2 nitrogen and oxygen atoms in total. The number of halogens is 1. The Kier molecular flexibility index (Phi) is 5.47. The van der Waals surface area contributed by atoms with Gasteiger partial charge in [0.05, 0.1) is 5.25 Å². The van der Waals surface area contributed by atoms with Crippen LogP contribution < -0.4 is 5.32 Å². The van der Waals surface area contributed by atoms with Crippen LogP contribution >= 0.6 is 27.7 Å². The molecule has 0 radical (unpaired) electrons. The molecule has 0 bridgehead atoms. The monoisotopic (exact) mass is 293 g/mol. The fraction of sp³-hybridized carbons (Fsp3) is 0.909. The summed E-state index contributed by atoms with van der Waals surface area (Å²) in [6, 6.07) is 0. The van der Waals surface area contributed by atoms with E-state index in [-0.39, 0.29) is 16.6 Å². The summed E-state index contributed by atoms with van der Waals surface area (Å²) < 4.78 is 0. The van der Waals surface area contributed by atoms with Crippen molar-refractivity contribution in [2.45, 2.75) is 38.4 Å². The van der Waals surface area contributed by atoms with E-state index in [2.05, 4.69) is 35.1 Å². The maximum atomic E-state index is 11.8. The molecular weight excluding hydrogens is 274 g/mol. The second-order valence-electron chi connectivity index (χ2n) is 4.87. The smallest absolute Gasteiger partial charge is 0.233 e. The highest BCUT2D eigenvalue weighted by Gasteiger charge is 2.23. The summed E-state index contributed by atoms with van der Waals surface area (Å²) >= 11 is 5.27. The molecular formula is C11H20BrNOS. The first-order valence-electron chi connectivity index (χ1n) is 5.50. The molecule has 15 heavy (non-hydrogen) atoms. The van der Waals surface area contributed by atoms with Gasteiger partial charge in [0.2, 0.25) is 5.91 Å². The van der Waals surface area contributed by atoms with Gasteiger partial charge in [-0.1, -0.05) is 36.2 Å². The van der Waals surface area contributed by atoms with Gasteiger partial charge in [0, 0.05) is 11.9 Å². The van der Waals surface area contributed by atoms with Crippen molar-refractivity contribution in [1.82, 2.24) is 5.32 Å². The predicted molar refractivity (Wildman–Crippen MR) is 70.7 cm³/mol. The third kappa shape index (κ3) is 4.77. The van der Waals surface area contributed by atoms with Crippen molar-refractivity contribution in [2.75, 3.05) is 17.6 Å². The minimum absolute atomic E-state index is 0.148. The fourth-order valence-corrected chi connectivity index (χ4v) is 2.86. The molecule has 1 aliphatic rings. The van der Waals surface area contributed by atoms with Crippen molar-refractivity contribution in [1.29, 1.82) is 0 Å². The van der Waals surface area contributed by atoms with E-state index >= 15 is 0 Å². The van der Waals surface area contributed by atoms with Gasteiger partial charge in [0.1, 0.15) is 0 Å². The van der Waals surface area contributed by atoms with Crippen LogP contribution in [0.25, 0.3) is 0 Å². The minimum atomic E-state index is 0.148. The van der Waals surface area contributed by atoms with Crippen LogP contribution in [0.5, 0.6) is 0 Å². The van der Waals surface area contributed by atoms with Crippen LogP contribution in [-0.4, -0.2) is 28.8 Å². The average molecular weight is 294 g/mol. The molecule has 0 saturated carbocycles. The highest BCUT2D eigenvalue weighted by Crippen LogP contribution is 2.25. The molecule has 0 aromatic carbocycles. The zero-order valence-corrected chi connectivity index (χ0v) is 11.9. The Hall–Kier alpha value is 0.300. The first-order valence-corrected chi connectivity index (χ1v) is 7.67. The van der Waals surface area contributed by atoms with E-state index in [0.717, 1.165) is 24.0 Å². The van der Waals surface area contributed by atoms with E-state index in [0.29, 0.717) is 0 Å². The fourth-order valence-electron chi connectivity index (χ4n) is 1.43. The van der Waals surface area contributed by atoms with Gasteiger partial charge in [-0.25, -0.2) is 0 Å². The Morgan fingerprint density at radius 1 is 1.53 bits per heavy atom. The lowest BCUT2D eigenvalue weighted by Gasteiger charge is -2.25. The zero-order chi connectivity index (χ0) is 11.3. The molecule has 1 N–H and O–H groups in total. The van der Waals surface area contributed by atoms with Crippen molar-refractivity contribution in [3.63, 3.8) is 0 Å². The first-order chi connectivity index (χ1) is 7.05. The topological polar surface area (TPSA) is 29.1 Å². The summed E-state index contributed by atoms with van der Waals surface area (Å²) in [4.78, 5) is 11.8. The molecule has 4 heteroatoms. The Morgan fingerprint density at radius 3 is 2.80 bits per heavy atom. The van der Waals surface area contributed by atoms with Gasteiger partial charge in [0.15, 0.2) is 0 Å². The third-order valence-electron chi connectivity index (χ3n) is 2.58. The highest BCUT2D eigenvalue weighted by molar-refractivity contribution is 9.09. The van der Waals surface area contributed by atoms with Crippen LogP contribution in [0.4, 0.5) is 0 Å². The van der Waals surface area contributed by atoms with Crippen LogP contribution in [0, 0.1) is 5.41 Å². The number of hydrogen-bond donors (Lipinski definition) is 1. The van der Waals surface area contributed by atoms with Crippen LogP contribution in [0.2, 0.25) is 0 Å². The van der Waals surface area contributed by atoms with Crippen LogP contribution in [0.3, 0.4) is 0 Å². The van der Waals surface area contributed by atoms with Gasteiger partial charge in [0.25, 0.3) is 0 Å². The lowest BCUT2D eigenvalue weighted by atomic mass is 9.97. The van der Waals surface area contributed by atoms with E-state index in [4.69, 9.17) is 0 Å². The molecule has 1 amide bonds. The van der Waals surface area contributed by atoms with E-state index in [1.807, 2.05) is 0 Å². The molecule has 1 heterocycles. The van der Waals surface area contributed by atoms with Gasteiger partial charge < -0.3 is 5.32 Å². The molecule has 0 aliphatic carbocycles. The number of alkyl halides is 1. The lowest BCUT2D eigenvalue weighted by Crippen LogP contribution is -2.40. The van der Waals surface area contributed by atoms with Gasteiger partial charge in [-0.15, -0.1) is 11.8 Å². The Balaban J connectivity index is 2.28. The summed E-state index contributed by atoms with van der Waals surface area (Å²) in [5.41, 5.74) is 0.148. The average Bonchev–Trinajstić information content (AvgIpc) is 2.27. The standard InChI is InChI=1S/C11H20BrNOS/c1-11(2,7-12)8-13-10(14)9-5-3-4-6-15-9/h9H,3-8H2,1-2H3,(H,13,14). The van der Waals surface area contributed by atoms with E-state index in [9.17, 15) is 4.79 Å². The van der Waals surface area contributed by atoms with Crippen LogP contribution in [-0.2, 0) is 4.79 Å². The number of hydrogen-bond acceptors (Lipinski definition) is 2. The molecule has 1 atom stereocenters. The number of carbonyl (C=O) groups excluding carboxylic acids is 1. The Bertz CT molecular complexity index is 215. The number of carbonyl (C=O) groups is 1. The van der Waals surface area contributed by atoms with Crippen molar-refractivity contribution in [3.05, 3.63) is 0 Å².